The maximum Gasteiger partial charge on any atom is 0.323 e. The number of carboxylic acid groups (broad SMARTS) is 1. The third-order valence-corrected chi connectivity index (χ3v) is 4.56. The molecule has 4 heteroatoms. The summed E-state index contributed by atoms with van der Waals surface area (Å²) < 4.78 is 0. The second-order valence-corrected chi connectivity index (χ2v) is 5.60. The van der Waals surface area contributed by atoms with Crippen LogP contribution in [0.4, 0.5) is 5.69 Å². The molecule has 1 unspecified atom stereocenters. The summed E-state index contributed by atoms with van der Waals surface area (Å²) in [5.74, 6) is 0.179. The number of thioether (sulfide) groups is 1. The first kappa shape index (κ1) is 12.3. The van der Waals surface area contributed by atoms with Gasteiger partial charge in [-0.3, -0.25) is 4.79 Å². The van der Waals surface area contributed by atoms with Gasteiger partial charge in [-0.15, -0.1) is 11.8 Å². The fraction of sp³-hybridized carbons (Fsp3) is 0.462. The maximum atomic E-state index is 11.0. The summed E-state index contributed by atoms with van der Waals surface area (Å²) in [6.07, 6.45) is 0. The Bertz CT molecular complexity index is 459. The minimum Gasteiger partial charge on any atom is -0.480 e. The molecule has 2 rings (SSSR count). The Kier molecular flexibility index (Phi) is 3.33. The van der Waals surface area contributed by atoms with Gasteiger partial charge >= 0.3 is 5.97 Å². The van der Waals surface area contributed by atoms with E-state index >= 15 is 0 Å². The van der Waals surface area contributed by atoms with Crippen molar-refractivity contribution in [1.82, 2.24) is 0 Å². The van der Waals surface area contributed by atoms with Crippen LogP contribution in [0.5, 0.6) is 0 Å². The summed E-state index contributed by atoms with van der Waals surface area (Å²) in [7, 11) is 0. The van der Waals surface area contributed by atoms with Crippen molar-refractivity contribution in [3.63, 3.8) is 0 Å². The number of aryl methyl sites for hydroxylation is 1. The van der Waals surface area contributed by atoms with Gasteiger partial charge in [-0.1, -0.05) is 6.07 Å². The predicted octanol–water partition coefficient (Wildman–Crippen LogP) is 2.69. The molecule has 17 heavy (non-hydrogen) atoms. The van der Waals surface area contributed by atoms with Crippen LogP contribution in [-0.4, -0.2) is 29.4 Å². The van der Waals surface area contributed by atoms with Crippen LogP contribution in [-0.2, 0) is 4.79 Å². The van der Waals surface area contributed by atoms with E-state index in [-0.39, 0.29) is 12.6 Å². The molecule has 1 aromatic rings. The number of aliphatic carboxylic acids is 1. The number of nitrogens with zero attached hydrogens (tertiary/aromatic N) is 1. The van der Waals surface area contributed by atoms with Crippen molar-refractivity contribution in [3.8, 4) is 0 Å². The van der Waals surface area contributed by atoms with Crippen LogP contribution >= 0.6 is 11.8 Å². The third kappa shape index (κ3) is 2.27. The molecule has 0 radical (unpaired) electrons. The molecular formula is C13H17NO2S. The molecule has 0 amide bonds. The van der Waals surface area contributed by atoms with Gasteiger partial charge in [0.05, 0.1) is 5.69 Å². The summed E-state index contributed by atoms with van der Waals surface area (Å²) >= 11 is 1.82. The molecule has 1 aliphatic heterocycles. The van der Waals surface area contributed by atoms with Gasteiger partial charge in [0, 0.05) is 16.7 Å². The Hall–Kier alpha value is -1.16. The Balaban J connectivity index is 2.49. The van der Waals surface area contributed by atoms with E-state index in [4.69, 9.17) is 5.11 Å². The molecule has 1 heterocycles. The van der Waals surface area contributed by atoms with Gasteiger partial charge in [-0.2, -0.15) is 0 Å². The van der Waals surface area contributed by atoms with Crippen LogP contribution in [0.2, 0.25) is 0 Å². The Morgan fingerprint density at radius 2 is 2.24 bits per heavy atom. The second kappa shape index (κ2) is 4.61. The molecule has 0 bridgehead atoms. The van der Waals surface area contributed by atoms with Gasteiger partial charge < -0.3 is 10.0 Å². The zero-order chi connectivity index (χ0) is 12.6. The first-order valence-corrected chi connectivity index (χ1v) is 6.70. The van der Waals surface area contributed by atoms with E-state index in [1.54, 1.807) is 0 Å². The van der Waals surface area contributed by atoms with Crippen molar-refractivity contribution in [2.45, 2.75) is 31.7 Å². The van der Waals surface area contributed by atoms with Gasteiger partial charge in [-0.25, -0.2) is 0 Å². The van der Waals surface area contributed by atoms with Crippen LogP contribution in [0.1, 0.15) is 18.1 Å². The van der Waals surface area contributed by atoms with E-state index in [0.29, 0.717) is 0 Å². The number of anilines is 1. The predicted molar refractivity (Wildman–Crippen MR) is 71.1 cm³/mol. The topological polar surface area (TPSA) is 40.5 Å². The Labute approximate surface area is 106 Å². The largest absolute Gasteiger partial charge is 0.480 e. The maximum absolute atomic E-state index is 11.0. The average molecular weight is 251 g/mol. The van der Waals surface area contributed by atoms with Crippen molar-refractivity contribution >= 4 is 23.4 Å². The minimum atomic E-state index is -0.768. The highest BCUT2D eigenvalue weighted by molar-refractivity contribution is 7.99. The van der Waals surface area contributed by atoms with Crippen molar-refractivity contribution in [2.75, 3.05) is 17.2 Å². The molecule has 1 atom stereocenters. The molecule has 1 N–H and O–H groups in total. The lowest BCUT2D eigenvalue weighted by Crippen LogP contribution is -2.41. The van der Waals surface area contributed by atoms with Crippen LogP contribution in [0, 0.1) is 13.8 Å². The minimum absolute atomic E-state index is 0.0824. The zero-order valence-corrected chi connectivity index (χ0v) is 11.2. The van der Waals surface area contributed by atoms with E-state index in [0.717, 1.165) is 11.4 Å². The van der Waals surface area contributed by atoms with Gasteiger partial charge in [0.25, 0.3) is 0 Å². The number of hydrogen-bond donors (Lipinski definition) is 1. The van der Waals surface area contributed by atoms with Crippen LogP contribution < -0.4 is 4.90 Å². The van der Waals surface area contributed by atoms with Crippen LogP contribution in [0.25, 0.3) is 0 Å². The Morgan fingerprint density at radius 1 is 1.53 bits per heavy atom. The number of carbonyl (C=O) groups is 1. The average Bonchev–Trinajstić information content (AvgIpc) is 2.27. The molecule has 1 aliphatic rings. The highest BCUT2D eigenvalue weighted by atomic mass is 32.2. The van der Waals surface area contributed by atoms with Gasteiger partial charge in [0.2, 0.25) is 0 Å². The normalized spacial score (nSPS) is 19.0. The van der Waals surface area contributed by atoms with Crippen molar-refractivity contribution in [2.24, 2.45) is 0 Å². The molecule has 0 aliphatic carbocycles. The van der Waals surface area contributed by atoms with Crippen LogP contribution in [0.3, 0.4) is 0 Å². The molecule has 92 valence electrons. The Morgan fingerprint density at radius 3 is 2.88 bits per heavy atom. The number of rotatable bonds is 2. The van der Waals surface area contributed by atoms with E-state index in [1.807, 2.05) is 16.7 Å². The molecular weight excluding hydrogens is 234 g/mol. The fourth-order valence-corrected chi connectivity index (χ4v) is 3.32. The van der Waals surface area contributed by atoms with Crippen molar-refractivity contribution in [1.29, 1.82) is 0 Å². The highest BCUT2D eigenvalue weighted by Gasteiger charge is 2.27. The number of benzene rings is 1. The summed E-state index contributed by atoms with van der Waals surface area (Å²) in [6.45, 7) is 6.31. The first-order chi connectivity index (χ1) is 8.00. The monoisotopic (exact) mass is 251 g/mol. The second-order valence-electron chi connectivity index (χ2n) is 4.54. The standard InChI is InChI=1S/C13H17NO2S/c1-8-4-5-11-13(10(8)3)14(6-12(15)16)9(2)7-17-11/h4-5,9H,6-7H2,1-3H3,(H,15,16). The van der Waals surface area contributed by atoms with E-state index in [9.17, 15) is 4.79 Å². The lowest BCUT2D eigenvalue weighted by Gasteiger charge is -2.37. The van der Waals surface area contributed by atoms with E-state index in [1.165, 1.54) is 16.0 Å². The molecule has 1 aromatic carbocycles. The number of carboxylic acids is 1. The van der Waals surface area contributed by atoms with Crippen molar-refractivity contribution < 1.29 is 9.90 Å². The lowest BCUT2D eigenvalue weighted by molar-refractivity contribution is -0.135. The SMILES string of the molecule is Cc1ccc2c(c1C)N(CC(=O)O)C(C)CS2. The van der Waals surface area contributed by atoms with Gasteiger partial charge in [0.1, 0.15) is 6.54 Å². The summed E-state index contributed by atoms with van der Waals surface area (Å²) in [5, 5.41) is 9.02. The molecule has 0 fully saturated rings. The smallest absolute Gasteiger partial charge is 0.323 e. The number of fused-ring (bicyclic) bond motifs is 1. The quantitative estimate of drug-likeness (QED) is 0.877. The molecule has 0 spiro atoms. The van der Waals surface area contributed by atoms with E-state index < -0.39 is 5.97 Å². The van der Waals surface area contributed by atoms with Gasteiger partial charge in [-0.05, 0) is 38.0 Å². The number of hydrogen-bond acceptors (Lipinski definition) is 3. The van der Waals surface area contributed by atoms with Gasteiger partial charge in [0.15, 0.2) is 0 Å². The summed E-state index contributed by atoms with van der Waals surface area (Å²) in [4.78, 5) is 14.2. The van der Waals surface area contributed by atoms with E-state index in [2.05, 4.69) is 32.9 Å². The highest BCUT2D eigenvalue weighted by Crippen LogP contribution is 2.40. The lowest BCUT2D eigenvalue weighted by atomic mass is 10.1. The fourth-order valence-electron chi connectivity index (χ4n) is 2.15. The van der Waals surface area contributed by atoms with Crippen molar-refractivity contribution in [3.05, 3.63) is 23.3 Å². The van der Waals surface area contributed by atoms with Crippen LogP contribution in [0.15, 0.2) is 17.0 Å². The molecule has 3 nitrogen and oxygen atoms in total. The summed E-state index contributed by atoms with van der Waals surface area (Å²) in [6, 6.07) is 4.48. The molecule has 0 saturated heterocycles. The molecule has 0 aromatic heterocycles. The summed E-state index contributed by atoms with van der Waals surface area (Å²) in [5.41, 5.74) is 3.52. The third-order valence-electron chi connectivity index (χ3n) is 3.27. The zero-order valence-electron chi connectivity index (χ0n) is 10.4. The molecule has 0 saturated carbocycles. The first-order valence-electron chi connectivity index (χ1n) is 5.72.